The van der Waals surface area contributed by atoms with Gasteiger partial charge in [0.2, 0.25) is 6.79 Å². The van der Waals surface area contributed by atoms with Gasteiger partial charge in [-0.2, -0.15) is 0 Å². The number of hydrogen-bond acceptors (Lipinski definition) is 6. The number of carbonyl (C=O) groups is 1. The molecular formula is C19H17N3O4. The molecule has 1 aliphatic heterocycles. The van der Waals surface area contributed by atoms with Crippen LogP contribution < -0.4 is 9.47 Å². The lowest BCUT2D eigenvalue weighted by Gasteiger charge is -2.07. The minimum atomic E-state index is -0.540. The van der Waals surface area contributed by atoms with Gasteiger partial charge in [-0.05, 0) is 30.7 Å². The van der Waals surface area contributed by atoms with Crippen molar-refractivity contribution in [1.82, 2.24) is 14.8 Å². The summed E-state index contributed by atoms with van der Waals surface area (Å²) in [5.41, 5.74) is 1.84. The maximum atomic E-state index is 12.1. The first-order chi connectivity index (χ1) is 12.7. The van der Waals surface area contributed by atoms with Crippen molar-refractivity contribution in [2.24, 2.45) is 0 Å². The second-order valence-electron chi connectivity index (χ2n) is 5.69. The van der Waals surface area contributed by atoms with Crippen LogP contribution in [0.4, 0.5) is 0 Å². The molecule has 7 heteroatoms. The van der Waals surface area contributed by atoms with E-state index in [2.05, 4.69) is 10.1 Å². The Morgan fingerprint density at radius 3 is 2.77 bits per heavy atom. The standard InChI is InChI=1S/C19H17N3O4/c1-2-24-19(23)17-20-18(14-8-9-15-16(10-14)26-12-25-15)22(21-17)11-13-6-4-3-5-7-13/h3-10H,2,11-12H2,1H3. The molecule has 0 saturated heterocycles. The molecule has 0 unspecified atom stereocenters. The van der Waals surface area contributed by atoms with E-state index in [-0.39, 0.29) is 19.2 Å². The Kier molecular flexibility index (Phi) is 4.27. The number of aromatic nitrogens is 3. The van der Waals surface area contributed by atoms with Gasteiger partial charge in [0.15, 0.2) is 17.3 Å². The average Bonchev–Trinajstić information content (AvgIpc) is 3.29. The van der Waals surface area contributed by atoms with Crippen LogP contribution in [-0.4, -0.2) is 34.1 Å². The third-order valence-corrected chi connectivity index (χ3v) is 3.94. The van der Waals surface area contributed by atoms with Crippen LogP contribution in [0.5, 0.6) is 11.5 Å². The lowest BCUT2D eigenvalue weighted by atomic mass is 10.2. The van der Waals surface area contributed by atoms with E-state index in [1.807, 2.05) is 48.5 Å². The molecule has 0 radical (unpaired) electrons. The Hall–Kier alpha value is -3.35. The molecule has 4 rings (SSSR count). The van der Waals surface area contributed by atoms with Crippen LogP contribution >= 0.6 is 0 Å². The van der Waals surface area contributed by atoms with Gasteiger partial charge in [0.1, 0.15) is 0 Å². The molecule has 2 aromatic carbocycles. The summed E-state index contributed by atoms with van der Waals surface area (Å²) < 4.78 is 17.5. The molecule has 132 valence electrons. The van der Waals surface area contributed by atoms with Gasteiger partial charge in [-0.25, -0.2) is 14.5 Å². The maximum Gasteiger partial charge on any atom is 0.378 e. The highest BCUT2D eigenvalue weighted by atomic mass is 16.7. The van der Waals surface area contributed by atoms with E-state index in [0.717, 1.165) is 11.1 Å². The van der Waals surface area contributed by atoms with E-state index in [4.69, 9.17) is 14.2 Å². The van der Waals surface area contributed by atoms with Crippen molar-refractivity contribution in [3.63, 3.8) is 0 Å². The number of carbonyl (C=O) groups excluding carboxylic acids is 1. The highest BCUT2D eigenvalue weighted by Crippen LogP contribution is 2.35. The van der Waals surface area contributed by atoms with Crippen LogP contribution in [0.3, 0.4) is 0 Å². The first-order valence-electron chi connectivity index (χ1n) is 8.30. The predicted octanol–water partition coefficient (Wildman–Crippen LogP) is 2.90. The Balaban J connectivity index is 1.74. The molecule has 26 heavy (non-hydrogen) atoms. The van der Waals surface area contributed by atoms with E-state index in [9.17, 15) is 4.79 Å². The number of ether oxygens (including phenoxy) is 3. The lowest BCUT2D eigenvalue weighted by molar-refractivity contribution is 0.0511. The molecule has 1 aliphatic rings. The Labute approximate surface area is 150 Å². The second kappa shape index (κ2) is 6.87. The van der Waals surface area contributed by atoms with Crippen LogP contribution in [-0.2, 0) is 11.3 Å². The lowest BCUT2D eigenvalue weighted by Crippen LogP contribution is -2.08. The molecule has 0 atom stereocenters. The zero-order valence-corrected chi connectivity index (χ0v) is 14.2. The van der Waals surface area contributed by atoms with Gasteiger partial charge in [0.25, 0.3) is 5.82 Å². The third-order valence-electron chi connectivity index (χ3n) is 3.94. The van der Waals surface area contributed by atoms with E-state index >= 15 is 0 Å². The normalized spacial score (nSPS) is 12.2. The number of rotatable bonds is 5. The fraction of sp³-hybridized carbons (Fsp3) is 0.211. The monoisotopic (exact) mass is 351 g/mol. The van der Waals surface area contributed by atoms with Gasteiger partial charge >= 0.3 is 5.97 Å². The van der Waals surface area contributed by atoms with Crippen LogP contribution in [0, 0.1) is 0 Å². The maximum absolute atomic E-state index is 12.1. The van der Waals surface area contributed by atoms with Gasteiger partial charge in [-0.15, -0.1) is 5.10 Å². The zero-order valence-electron chi connectivity index (χ0n) is 14.2. The molecule has 2 heterocycles. The number of hydrogen-bond donors (Lipinski definition) is 0. The van der Waals surface area contributed by atoms with E-state index < -0.39 is 5.97 Å². The third kappa shape index (κ3) is 3.11. The summed E-state index contributed by atoms with van der Waals surface area (Å²) in [7, 11) is 0. The zero-order chi connectivity index (χ0) is 17.9. The number of esters is 1. The molecule has 0 saturated carbocycles. The molecule has 0 spiro atoms. The Morgan fingerprint density at radius 1 is 1.15 bits per heavy atom. The molecule has 0 aliphatic carbocycles. The van der Waals surface area contributed by atoms with Gasteiger partial charge in [0, 0.05) is 5.56 Å². The summed E-state index contributed by atoms with van der Waals surface area (Å²) in [5.74, 6) is 1.40. The van der Waals surface area contributed by atoms with Crippen molar-refractivity contribution < 1.29 is 19.0 Å². The number of fused-ring (bicyclic) bond motifs is 1. The number of nitrogens with zero attached hydrogens (tertiary/aromatic N) is 3. The fourth-order valence-corrected chi connectivity index (χ4v) is 2.74. The molecule has 1 aromatic heterocycles. The van der Waals surface area contributed by atoms with Gasteiger partial charge in [0.05, 0.1) is 13.2 Å². The van der Waals surface area contributed by atoms with E-state index in [1.54, 1.807) is 11.6 Å². The predicted molar refractivity (Wildman–Crippen MR) is 93.1 cm³/mol. The van der Waals surface area contributed by atoms with Crippen molar-refractivity contribution >= 4 is 5.97 Å². The molecule has 3 aromatic rings. The SMILES string of the molecule is CCOC(=O)c1nc(-c2ccc3c(c2)OCO3)n(Cc2ccccc2)n1. The fourth-order valence-electron chi connectivity index (χ4n) is 2.74. The molecule has 7 nitrogen and oxygen atoms in total. The summed E-state index contributed by atoms with van der Waals surface area (Å²) in [5, 5.41) is 4.35. The first kappa shape index (κ1) is 16.1. The second-order valence-corrected chi connectivity index (χ2v) is 5.69. The van der Waals surface area contributed by atoms with Crippen LogP contribution in [0.25, 0.3) is 11.4 Å². The molecule has 0 N–H and O–H groups in total. The van der Waals surface area contributed by atoms with Crippen LogP contribution in [0.15, 0.2) is 48.5 Å². The van der Waals surface area contributed by atoms with Crippen molar-refractivity contribution in [2.45, 2.75) is 13.5 Å². The summed E-state index contributed by atoms with van der Waals surface area (Å²) in [6, 6.07) is 15.4. The van der Waals surface area contributed by atoms with Crippen molar-refractivity contribution in [3.05, 3.63) is 59.9 Å². The van der Waals surface area contributed by atoms with Crippen molar-refractivity contribution in [2.75, 3.05) is 13.4 Å². The Morgan fingerprint density at radius 2 is 1.96 bits per heavy atom. The Bertz CT molecular complexity index is 937. The van der Waals surface area contributed by atoms with Gasteiger partial charge in [-0.1, -0.05) is 30.3 Å². The van der Waals surface area contributed by atoms with Gasteiger partial charge in [-0.3, -0.25) is 0 Å². The molecule has 0 bridgehead atoms. The molecule has 0 amide bonds. The van der Waals surface area contributed by atoms with E-state index in [0.29, 0.717) is 23.9 Å². The summed E-state index contributed by atoms with van der Waals surface area (Å²) in [6.45, 7) is 2.70. The topological polar surface area (TPSA) is 75.5 Å². The summed E-state index contributed by atoms with van der Waals surface area (Å²) >= 11 is 0. The summed E-state index contributed by atoms with van der Waals surface area (Å²) in [6.07, 6.45) is 0. The van der Waals surface area contributed by atoms with E-state index in [1.165, 1.54) is 0 Å². The highest BCUT2D eigenvalue weighted by Gasteiger charge is 2.21. The smallest absolute Gasteiger partial charge is 0.378 e. The largest absolute Gasteiger partial charge is 0.460 e. The average molecular weight is 351 g/mol. The highest BCUT2D eigenvalue weighted by molar-refractivity contribution is 5.85. The van der Waals surface area contributed by atoms with Gasteiger partial charge < -0.3 is 14.2 Å². The minimum absolute atomic E-state index is 0.0375. The molecule has 0 fully saturated rings. The summed E-state index contributed by atoms with van der Waals surface area (Å²) in [4.78, 5) is 16.5. The quantitative estimate of drug-likeness (QED) is 0.658. The molecular weight excluding hydrogens is 334 g/mol. The van der Waals surface area contributed by atoms with Crippen LogP contribution in [0.1, 0.15) is 23.1 Å². The van der Waals surface area contributed by atoms with Crippen LogP contribution in [0.2, 0.25) is 0 Å². The number of benzene rings is 2. The minimum Gasteiger partial charge on any atom is -0.460 e. The first-order valence-corrected chi connectivity index (χ1v) is 8.30. The van der Waals surface area contributed by atoms with Crippen molar-refractivity contribution in [3.8, 4) is 22.9 Å². The van der Waals surface area contributed by atoms with Crippen molar-refractivity contribution in [1.29, 1.82) is 0 Å².